The molecule has 3 N–H and O–H groups in total. The third-order valence-electron chi connectivity index (χ3n) is 3.87. The number of nitrogen functional groups attached to an aromatic ring is 1. The number of fused-ring (bicyclic) bond motifs is 1. The fraction of sp³-hybridized carbons (Fsp3) is 0.438. The minimum absolute atomic E-state index is 0.0793. The van der Waals surface area contributed by atoms with E-state index < -0.39 is 0 Å². The Morgan fingerprint density at radius 2 is 2.38 bits per heavy atom. The highest BCUT2D eigenvalue weighted by atomic mass is 32.1. The molecule has 1 aromatic carbocycles. The molecule has 1 aliphatic rings. The van der Waals surface area contributed by atoms with Gasteiger partial charge in [-0.25, -0.2) is 0 Å². The van der Waals surface area contributed by atoms with Crippen LogP contribution in [0.5, 0.6) is 0 Å². The molecular weight excluding hydrogens is 284 g/mol. The van der Waals surface area contributed by atoms with Crippen LogP contribution in [0.3, 0.4) is 0 Å². The molecule has 5 heteroatoms. The van der Waals surface area contributed by atoms with Gasteiger partial charge in [0, 0.05) is 23.2 Å². The molecule has 112 valence electrons. The minimum atomic E-state index is -0.0793. The molecule has 0 aliphatic carbocycles. The van der Waals surface area contributed by atoms with Gasteiger partial charge in [-0.1, -0.05) is 12.1 Å². The number of carbonyl (C=O) groups excluding carboxylic acids is 1. The van der Waals surface area contributed by atoms with Crippen molar-refractivity contribution in [2.24, 2.45) is 0 Å². The summed E-state index contributed by atoms with van der Waals surface area (Å²) in [7, 11) is 0. The molecule has 1 aliphatic heterocycles. The summed E-state index contributed by atoms with van der Waals surface area (Å²) < 4.78 is 6.62. The van der Waals surface area contributed by atoms with Crippen LogP contribution >= 0.6 is 11.3 Å². The van der Waals surface area contributed by atoms with Crippen molar-refractivity contribution >= 4 is 33.0 Å². The van der Waals surface area contributed by atoms with E-state index in [0.717, 1.165) is 36.0 Å². The maximum absolute atomic E-state index is 12.3. The van der Waals surface area contributed by atoms with Crippen molar-refractivity contribution in [3.8, 4) is 0 Å². The number of benzene rings is 1. The highest BCUT2D eigenvalue weighted by Crippen LogP contribution is 2.34. The Labute approximate surface area is 128 Å². The van der Waals surface area contributed by atoms with Crippen LogP contribution in [-0.4, -0.2) is 25.2 Å². The van der Waals surface area contributed by atoms with E-state index >= 15 is 0 Å². The normalized spacial score (nSPS) is 18.2. The van der Waals surface area contributed by atoms with Gasteiger partial charge in [-0.05, 0) is 37.8 Å². The van der Waals surface area contributed by atoms with Gasteiger partial charge in [0.2, 0.25) is 0 Å². The van der Waals surface area contributed by atoms with Crippen LogP contribution in [0, 0.1) is 6.92 Å². The van der Waals surface area contributed by atoms with Crippen molar-refractivity contribution in [3.63, 3.8) is 0 Å². The summed E-state index contributed by atoms with van der Waals surface area (Å²) in [5.74, 6) is -0.0793. The van der Waals surface area contributed by atoms with Crippen molar-refractivity contribution in [1.29, 1.82) is 0 Å². The molecule has 1 amide bonds. The fourth-order valence-corrected chi connectivity index (χ4v) is 3.83. The Hall–Kier alpha value is -1.59. The van der Waals surface area contributed by atoms with E-state index in [0.29, 0.717) is 23.2 Å². The molecule has 1 atom stereocenters. The summed E-state index contributed by atoms with van der Waals surface area (Å²) in [4.78, 5) is 12.9. The van der Waals surface area contributed by atoms with Crippen LogP contribution < -0.4 is 11.1 Å². The van der Waals surface area contributed by atoms with Gasteiger partial charge in [0.05, 0.1) is 11.8 Å². The van der Waals surface area contributed by atoms with Crippen LogP contribution in [0.15, 0.2) is 18.2 Å². The lowest BCUT2D eigenvalue weighted by atomic mass is 10.1. The van der Waals surface area contributed by atoms with Crippen LogP contribution in [0.25, 0.3) is 10.1 Å². The molecule has 2 heterocycles. The lowest BCUT2D eigenvalue weighted by Crippen LogP contribution is -2.26. The van der Waals surface area contributed by atoms with Crippen LogP contribution in [0.2, 0.25) is 0 Å². The molecule has 1 aromatic heterocycles. The van der Waals surface area contributed by atoms with Gasteiger partial charge < -0.3 is 15.8 Å². The zero-order valence-electron chi connectivity index (χ0n) is 12.1. The molecule has 0 spiro atoms. The second-order valence-corrected chi connectivity index (χ2v) is 6.58. The first-order valence-electron chi connectivity index (χ1n) is 7.33. The van der Waals surface area contributed by atoms with Crippen molar-refractivity contribution in [2.75, 3.05) is 18.9 Å². The third kappa shape index (κ3) is 3.04. The van der Waals surface area contributed by atoms with E-state index in [-0.39, 0.29) is 5.91 Å². The number of rotatable bonds is 4. The Morgan fingerprint density at radius 1 is 1.52 bits per heavy atom. The summed E-state index contributed by atoms with van der Waals surface area (Å²) in [6.45, 7) is 3.52. The second kappa shape index (κ2) is 6.03. The summed E-state index contributed by atoms with van der Waals surface area (Å²) in [6, 6.07) is 6.07. The molecule has 4 nitrogen and oxygen atoms in total. The molecule has 0 radical (unpaired) electrons. The maximum Gasteiger partial charge on any atom is 0.263 e. The van der Waals surface area contributed by atoms with E-state index in [9.17, 15) is 4.79 Å². The molecular formula is C16H20N2O2S. The number of nitrogens with one attached hydrogen (secondary N) is 1. The minimum Gasteiger partial charge on any atom is -0.397 e. The quantitative estimate of drug-likeness (QED) is 0.912. The van der Waals surface area contributed by atoms with E-state index in [4.69, 9.17) is 10.5 Å². The molecule has 2 aromatic rings. The number of ether oxygens (including phenoxy) is 1. The Kier molecular flexibility index (Phi) is 4.12. The predicted molar refractivity (Wildman–Crippen MR) is 86.9 cm³/mol. The van der Waals surface area contributed by atoms with Gasteiger partial charge in [0.25, 0.3) is 5.91 Å². The predicted octanol–water partition coefficient (Wildman–Crippen LogP) is 3.09. The summed E-state index contributed by atoms with van der Waals surface area (Å²) in [5.41, 5.74) is 7.87. The summed E-state index contributed by atoms with van der Waals surface area (Å²) in [6.07, 6.45) is 3.39. The second-order valence-electron chi connectivity index (χ2n) is 5.52. The molecule has 21 heavy (non-hydrogen) atoms. The number of amides is 1. The van der Waals surface area contributed by atoms with Gasteiger partial charge in [-0.2, -0.15) is 0 Å². The highest BCUT2D eigenvalue weighted by Gasteiger charge is 2.18. The molecule has 1 fully saturated rings. The Bertz CT molecular complexity index is 660. The average molecular weight is 304 g/mol. The fourth-order valence-electron chi connectivity index (χ4n) is 2.69. The zero-order valence-corrected chi connectivity index (χ0v) is 13.0. The topological polar surface area (TPSA) is 64.4 Å². The van der Waals surface area contributed by atoms with Crippen LogP contribution in [0.4, 0.5) is 5.69 Å². The van der Waals surface area contributed by atoms with Crippen molar-refractivity contribution < 1.29 is 9.53 Å². The van der Waals surface area contributed by atoms with E-state index in [1.165, 1.54) is 16.9 Å². The summed E-state index contributed by atoms with van der Waals surface area (Å²) >= 11 is 1.46. The van der Waals surface area contributed by atoms with E-state index in [1.807, 2.05) is 19.1 Å². The monoisotopic (exact) mass is 304 g/mol. The number of anilines is 1. The standard InChI is InChI=1S/C16H20N2O2S/c1-10-4-5-12-13(9-10)21-15(14(12)17)16(19)18-7-6-11-3-2-8-20-11/h4-5,9,11H,2-3,6-8,17H2,1H3,(H,18,19). The smallest absolute Gasteiger partial charge is 0.263 e. The van der Waals surface area contributed by atoms with Crippen molar-refractivity contribution in [2.45, 2.75) is 32.3 Å². The Balaban J connectivity index is 1.67. The first-order chi connectivity index (χ1) is 10.1. The van der Waals surface area contributed by atoms with Gasteiger partial charge in [0.15, 0.2) is 0 Å². The lowest BCUT2D eigenvalue weighted by Gasteiger charge is -2.09. The van der Waals surface area contributed by atoms with Gasteiger partial charge in [0.1, 0.15) is 4.88 Å². The van der Waals surface area contributed by atoms with Gasteiger partial charge in [-0.3, -0.25) is 4.79 Å². The van der Waals surface area contributed by atoms with Gasteiger partial charge in [-0.15, -0.1) is 11.3 Å². The van der Waals surface area contributed by atoms with Crippen LogP contribution in [0.1, 0.15) is 34.5 Å². The van der Waals surface area contributed by atoms with E-state index in [2.05, 4.69) is 11.4 Å². The first kappa shape index (κ1) is 14.4. The number of thiophene rings is 1. The van der Waals surface area contributed by atoms with Gasteiger partial charge >= 0.3 is 0 Å². The SMILES string of the molecule is Cc1ccc2c(N)c(C(=O)NCCC3CCCO3)sc2c1. The number of carbonyl (C=O) groups is 1. The molecule has 3 rings (SSSR count). The molecule has 0 saturated carbocycles. The number of aryl methyl sites for hydroxylation is 1. The zero-order chi connectivity index (χ0) is 14.8. The Morgan fingerprint density at radius 3 is 3.14 bits per heavy atom. The number of nitrogens with two attached hydrogens (primary N) is 1. The van der Waals surface area contributed by atoms with Crippen LogP contribution in [-0.2, 0) is 4.74 Å². The average Bonchev–Trinajstić information content (AvgIpc) is 3.07. The number of hydrogen-bond donors (Lipinski definition) is 2. The first-order valence-corrected chi connectivity index (χ1v) is 8.15. The lowest BCUT2D eigenvalue weighted by molar-refractivity contribution is 0.0911. The maximum atomic E-state index is 12.3. The van der Waals surface area contributed by atoms with Crippen molar-refractivity contribution in [3.05, 3.63) is 28.6 Å². The third-order valence-corrected chi connectivity index (χ3v) is 5.03. The largest absolute Gasteiger partial charge is 0.397 e. The van der Waals surface area contributed by atoms with Crippen molar-refractivity contribution in [1.82, 2.24) is 5.32 Å². The van der Waals surface area contributed by atoms with E-state index in [1.54, 1.807) is 0 Å². The number of hydrogen-bond acceptors (Lipinski definition) is 4. The highest BCUT2D eigenvalue weighted by molar-refractivity contribution is 7.21. The summed E-state index contributed by atoms with van der Waals surface area (Å²) in [5, 5.41) is 3.92. The molecule has 1 unspecified atom stereocenters. The molecule has 1 saturated heterocycles. The molecule has 0 bridgehead atoms.